The highest BCUT2D eigenvalue weighted by Gasteiger charge is 2.00. The highest BCUT2D eigenvalue weighted by molar-refractivity contribution is 5.92. The van der Waals surface area contributed by atoms with Crippen LogP contribution in [0.1, 0.15) is 18.2 Å². The fourth-order valence-corrected chi connectivity index (χ4v) is 1.07. The molecule has 0 fully saturated rings. The summed E-state index contributed by atoms with van der Waals surface area (Å²) in [5, 5.41) is 2.55. The lowest BCUT2D eigenvalue weighted by Crippen LogP contribution is -2.08. The summed E-state index contributed by atoms with van der Waals surface area (Å²) in [5.74, 6) is 4.39. The van der Waals surface area contributed by atoms with E-state index < -0.39 is 5.91 Å². The quantitative estimate of drug-likeness (QED) is 0.658. The predicted molar refractivity (Wildman–Crippen MR) is 59.4 cm³/mol. The van der Waals surface area contributed by atoms with Gasteiger partial charge < -0.3 is 11.1 Å². The van der Waals surface area contributed by atoms with Crippen LogP contribution >= 0.6 is 0 Å². The first-order valence-corrected chi connectivity index (χ1v) is 4.55. The summed E-state index contributed by atoms with van der Waals surface area (Å²) < 4.78 is 0. The van der Waals surface area contributed by atoms with E-state index >= 15 is 0 Å². The van der Waals surface area contributed by atoms with Crippen molar-refractivity contribution in [2.75, 3.05) is 5.32 Å². The lowest BCUT2D eigenvalue weighted by Gasteiger charge is -2.03. The van der Waals surface area contributed by atoms with Gasteiger partial charge in [0.2, 0.25) is 5.91 Å². The number of nitrogens with two attached hydrogens (primary N) is 1. The Bertz CT molecular complexity index is 498. The monoisotopic (exact) mass is 217 g/mol. The van der Waals surface area contributed by atoms with Crippen molar-refractivity contribution in [3.05, 3.63) is 23.4 Å². The number of nitrogens with one attached hydrogen (secondary N) is 1. The molecular formula is C11H11N3O2. The van der Waals surface area contributed by atoms with Gasteiger partial charge in [0, 0.05) is 18.4 Å². The fraction of sp³-hybridized carbons (Fsp3) is 0.182. The number of anilines is 1. The van der Waals surface area contributed by atoms with Gasteiger partial charge in [-0.2, -0.15) is 0 Å². The van der Waals surface area contributed by atoms with E-state index in [4.69, 9.17) is 5.73 Å². The van der Waals surface area contributed by atoms with Gasteiger partial charge in [-0.25, -0.2) is 4.98 Å². The maximum Gasteiger partial charge on any atom is 0.293 e. The van der Waals surface area contributed by atoms with Crippen LogP contribution in [0.25, 0.3) is 0 Å². The molecular weight excluding hydrogens is 206 g/mol. The first-order chi connectivity index (χ1) is 7.49. The Morgan fingerprint density at radius 2 is 2.12 bits per heavy atom. The largest absolute Gasteiger partial charge is 0.359 e. The van der Waals surface area contributed by atoms with E-state index in [1.807, 2.05) is 0 Å². The molecule has 1 aromatic heterocycles. The van der Waals surface area contributed by atoms with Crippen LogP contribution in [0.5, 0.6) is 0 Å². The zero-order chi connectivity index (χ0) is 12.1. The maximum absolute atomic E-state index is 10.8. The van der Waals surface area contributed by atoms with Gasteiger partial charge in [-0.15, -0.1) is 0 Å². The number of hydrogen-bond donors (Lipinski definition) is 2. The molecule has 1 aromatic rings. The van der Waals surface area contributed by atoms with E-state index in [1.54, 1.807) is 19.1 Å². The molecule has 1 heterocycles. The number of pyridine rings is 1. The molecule has 16 heavy (non-hydrogen) atoms. The third-order valence-electron chi connectivity index (χ3n) is 1.71. The molecule has 5 nitrogen and oxygen atoms in total. The molecule has 0 radical (unpaired) electrons. The molecule has 0 spiro atoms. The Hall–Kier alpha value is -2.35. The van der Waals surface area contributed by atoms with Gasteiger partial charge in [-0.1, -0.05) is 5.92 Å². The molecule has 0 unspecified atom stereocenters. The van der Waals surface area contributed by atoms with Crippen LogP contribution in [-0.4, -0.2) is 16.8 Å². The molecule has 3 N–H and O–H groups in total. The summed E-state index contributed by atoms with van der Waals surface area (Å²) in [6, 6.07) is 3.28. The van der Waals surface area contributed by atoms with Crippen LogP contribution in [0.3, 0.4) is 0 Å². The molecule has 2 amide bonds. The minimum Gasteiger partial charge on any atom is -0.359 e. The summed E-state index contributed by atoms with van der Waals surface area (Å²) in [5.41, 5.74) is 6.13. The van der Waals surface area contributed by atoms with Gasteiger partial charge in [0.1, 0.15) is 5.82 Å². The Balaban J connectivity index is 2.97. The molecule has 82 valence electrons. The van der Waals surface area contributed by atoms with Crippen molar-refractivity contribution < 1.29 is 9.59 Å². The third kappa shape index (κ3) is 3.42. The topological polar surface area (TPSA) is 85.1 Å². The van der Waals surface area contributed by atoms with Gasteiger partial charge >= 0.3 is 0 Å². The number of primary amides is 1. The van der Waals surface area contributed by atoms with E-state index in [1.165, 1.54) is 6.92 Å². The number of amides is 2. The molecule has 0 bridgehead atoms. The van der Waals surface area contributed by atoms with E-state index in [2.05, 4.69) is 22.1 Å². The summed E-state index contributed by atoms with van der Waals surface area (Å²) in [6.07, 6.45) is 0. The van der Waals surface area contributed by atoms with E-state index in [-0.39, 0.29) is 5.91 Å². The lowest BCUT2D eigenvalue weighted by atomic mass is 10.2. The van der Waals surface area contributed by atoms with Crippen molar-refractivity contribution in [2.24, 2.45) is 5.73 Å². The van der Waals surface area contributed by atoms with E-state index in [0.29, 0.717) is 17.1 Å². The van der Waals surface area contributed by atoms with Crippen molar-refractivity contribution in [1.82, 2.24) is 4.98 Å². The zero-order valence-electron chi connectivity index (χ0n) is 9.00. The Morgan fingerprint density at radius 3 is 2.62 bits per heavy atom. The third-order valence-corrected chi connectivity index (χ3v) is 1.71. The number of aromatic nitrogens is 1. The smallest absolute Gasteiger partial charge is 0.293 e. The van der Waals surface area contributed by atoms with Crippen molar-refractivity contribution in [3.63, 3.8) is 0 Å². The second-order valence-electron chi connectivity index (χ2n) is 3.12. The first kappa shape index (κ1) is 11.7. The van der Waals surface area contributed by atoms with Gasteiger partial charge in [-0.05, 0) is 19.1 Å². The summed E-state index contributed by atoms with van der Waals surface area (Å²) >= 11 is 0. The lowest BCUT2D eigenvalue weighted by molar-refractivity contribution is -0.114. The van der Waals surface area contributed by atoms with Crippen molar-refractivity contribution in [3.8, 4) is 11.8 Å². The van der Waals surface area contributed by atoms with Crippen LogP contribution in [0, 0.1) is 18.8 Å². The van der Waals surface area contributed by atoms with E-state index in [0.717, 1.165) is 0 Å². The molecule has 0 aromatic carbocycles. The summed E-state index contributed by atoms with van der Waals surface area (Å²) in [7, 11) is 0. The van der Waals surface area contributed by atoms with Crippen LogP contribution in [0.2, 0.25) is 0 Å². The minimum absolute atomic E-state index is 0.192. The van der Waals surface area contributed by atoms with Crippen molar-refractivity contribution in [2.45, 2.75) is 13.8 Å². The van der Waals surface area contributed by atoms with E-state index in [9.17, 15) is 9.59 Å². The summed E-state index contributed by atoms with van der Waals surface area (Å²) in [4.78, 5) is 25.4. The highest BCUT2D eigenvalue weighted by Crippen LogP contribution is 2.09. The first-order valence-electron chi connectivity index (χ1n) is 4.55. The molecule has 0 atom stereocenters. The number of rotatable bonds is 1. The Labute approximate surface area is 93.1 Å². The van der Waals surface area contributed by atoms with Crippen LogP contribution in [-0.2, 0) is 9.59 Å². The number of aryl methyl sites for hydroxylation is 1. The second-order valence-corrected chi connectivity index (χ2v) is 3.12. The van der Waals surface area contributed by atoms with Gasteiger partial charge in [-0.3, -0.25) is 9.59 Å². The van der Waals surface area contributed by atoms with Crippen molar-refractivity contribution >= 4 is 17.6 Å². The average Bonchev–Trinajstić information content (AvgIpc) is 2.15. The fourth-order valence-electron chi connectivity index (χ4n) is 1.07. The number of carbonyl (C=O) groups is 2. The molecule has 0 aliphatic heterocycles. The summed E-state index contributed by atoms with van der Waals surface area (Å²) in [6.45, 7) is 3.13. The number of hydrogen-bond acceptors (Lipinski definition) is 3. The predicted octanol–water partition coefficient (Wildman–Crippen LogP) is 0.185. The molecule has 5 heteroatoms. The van der Waals surface area contributed by atoms with Crippen LogP contribution < -0.4 is 11.1 Å². The standard InChI is InChI=1S/C11H11N3O2/c1-7-9(3-5-10(12)16)4-6-11(13-7)14-8(2)15/h4,6H,1-2H3,(H2,12,16)(H,13,14,15). The van der Waals surface area contributed by atoms with Gasteiger partial charge in [0.15, 0.2) is 0 Å². The van der Waals surface area contributed by atoms with Crippen molar-refractivity contribution in [1.29, 1.82) is 0 Å². The Morgan fingerprint density at radius 1 is 1.44 bits per heavy atom. The normalized spacial score (nSPS) is 8.88. The van der Waals surface area contributed by atoms with Crippen LogP contribution in [0.15, 0.2) is 12.1 Å². The molecule has 0 aliphatic carbocycles. The maximum atomic E-state index is 10.8. The zero-order valence-corrected chi connectivity index (χ0v) is 9.00. The van der Waals surface area contributed by atoms with Gasteiger partial charge in [0.05, 0.1) is 5.69 Å². The average molecular weight is 217 g/mol. The SMILES string of the molecule is CC(=O)Nc1ccc(C#CC(N)=O)c(C)n1. The second kappa shape index (κ2) is 4.94. The Kier molecular flexibility index (Phi) is 3.62. The number of carbonyl (C=O) groups excluding carboxylic acids is 2. The minimum atomic E-state index is -0.690. The van der Waals surface area contributed by atoms with Gasteiger partial charge in [0.25, 0.3) is 5.91 Å². The van der Waals surface area contributed by atoms with Crippen LogP contribution in [0.4, 0.5) is 5.82 Å². The molecule has 0 saturated carbocycles. The molecule has 0 aliphatic rings. The number of nitrogens with zero attached hydrogens (tertiary/aromatic N) is 1. The highest BCUT2D eigenvalue weighted by atomic mass is 16.1. The molecule has 0 saturated heterocycles. The molecule has 1 rings (SSSR count).